The number of aromatic nitrogens is 5. The number of rotatable bonds is 2. The predicted molar refractivity (Wildman–Crippen MR) is 57.0 cm³/mol. The van der Waals surface area contributed by atoms with E-state index in [-0.39, 0.29) is 10.2 Å². The van der Waals surface area contributed by atoms with Crippen LogP contribution in [0.4, 0.5) is 0 Å². The van der Waals surface area contributed by atoms with Gasteiger partial charge in [0, 0.05) is 6.20 Å². The molecular weight excluding hydrogens is 242 g/mol. The van der Waals surface area contributed by atoms with E-state index >= 15 is 0 Å². The summed E-state index contributed by atoms with van der Waals surface area (Å²) in [7, 11) is -3.71. The van der Waals surface area contributed by atoms with E-state index in [0.717, 1.165) is 6.33 Å². The molecule has 0 aliphatic carbocycles. The fraction of sp³-hybridized carbons (Fsp3) is 0. The van der Waals surface area contributed by atoms with Crippen molar-refractivity contribution in [3.63, 3.8) is 0 Å². The van der Waals surface area contributed by atoms with Crippen molar-refractivity contribution in [1.29, 1.82) is 0 Å². The van der Waals surface area contributed by atoms with E-state index in [1.165, 1.54) is 10.6 Å². The van der Waals surface area contributed by atoms with E-state index in [1.807, 2.05) is 0 Å². The highest BCUT2D eigenvalue weighted by atomic mass is 32.2. The third-order valence-corrected chi connectivity index (χ3v) is 3.86. The molecular formula is C9H7N5O2S. The standard InChI is InChI=1S/C9H7N5O2S/c15-17(16,9-11-6-12-13-9)8-5-10-7-3-1-2-4-14(7)8/h1-6H,(H,11,12,13). The first kappa shape index (κ1) is 9.97. The third kappa shape index (κ3) is 1.41. The molecule has 7 nitrogen and oxygen atoms in total. The summed E-state index contributed by atoms with van der Waals surface area (Å²) in [4.78, 5) is 7.67. The molecule has 17 heavy (non-hydrogen) atoms. The van der Waals surface area contributed by atoms with Crippen LogP contribution < -0.4 is 0 Å². The van der Waals surface area contributed by atoms with Crippen molar-refractivity contribution in [3.05, 3.63) is 36.9 Å². The number of sulfone groups is 1. The lowest BCUT2D eigenvalue weighted by Crippen LogP contribution is -2.07. The molecule has 86 valence electrons. The van der Waals surface area contributed by atoms with Crippen molar-refractivity contribution in [2.45, 2.75) is 10.2 Å². The van der Waals surface area contributed by atoms with Gasteiger partial charge in [-0.1, -0.05) is 6.07 Å². The first-order valence-corrected chi connectivity index (χ1v) is 6.20. The summed E-state index contributed by atoms with van der Waals surface area (Å²) in [6, 6.07) is 5.24. The number of fused-ring (bicyclic) bond motifs is 1. The minimum atomic E-state index is -3.71. The highest BCUT2D eigenvalue weighted by Crippen LogP contribution is 2.17. The Morgan fingerprint density at radius 1 is 1.24 bits per heavy atom. The van der Waals surface area contributed by atoms with Gasteiger partial charge in [-0.3, -0.25) is 4.40 Å². The van der Waals surface area contributed by atoms with Gasteiger partial charge in [0.05, 0.1) is 6.20 Å². The van der Waals surface area contributed by atoms with E-state index in [4.69, 9.17) is 0 Å². The lowest BCUT2D eigenvalue weighted by Gasteiger charge is -1.99. The number of imidazole rings is 1. The Kier molecular flexibility index (Phi) is 1.99. The van der Waals surface area contributed by atoms with Crippen molar-refractivity contribution in [2.75, 3.05) is 0 Å². The summed E-state index contributed by atoms with van der Waals surface area (Å²) in [6.45, 7) is 0. The van der Waals surface area contributed by atoms with Crippen LogP contribution in [0.5, 0.6) is 0 Å². The number of hydrogen-bond donors (Lipinski definition) is 1. The topological polar surface area (TPSA) is 93.0 Å². The second-order valence-electron chi connectivity index (χ2n) is 3.32. The van der Waals surface area contributed by atoms with Crippen molar-refractivity contribution in [3.8, 4) is 0 Å². The Balaban J connectivity index is 2.30. The molecule has 3 heterocycles. The normalized spacial score (nSPS) is 12.0. The molecule has 0 amide bonds. The number of H-pyrrole nitrogens is 1. The lowest BCUT2D eigenvalue weighted by molar-refractivity contribution is 0.583. The highest BCUT2D eigenvalue weighted by molar-refractivity contribution is 7.91. The molecule has 0 fully saturated rings. The van der Waals surface area contributed by atoms with Crippen LogP contribution >= 0.6 is 0 Å². The quantitative estimate of drug-likeness (QED) is 0.704. The summed E-state index contributed by atoms with van der Waals surface area (Å²) in [6.07, 6.45) is 4.08. The molecule has 0 bridgehead atoms. The Morgan fingerprint density at radius 3 is 2.88 bits per heavy atom. The first-order chi connectivity index (χ1) is 8.19. The Bertz CT molecular complexity index is 760. The summed E-state index contributed by atoms with van der Waals surface area (Å²) in [5, 5.41) is 5.74. The molecule has 0 spiro atoms. The zero-order chi connectivity index (χ0) is 11.9. The molecule has 3 rings (SSSR count). The van der Waals surface area contributed by atoms with Gasteiger partial charge in [-0.05, 0) is 12.1 Å². The molecule has 8 heteroatoms. The van der Waals surface area contributed by atoms with Crippen LogP contribution in [-0.4, -0.2) is 33.0 Å². The fourth-order valence-electron chi connectivity index (χ4n) is 1.53. The van der Waals surface area contributed by atoms with Crippen molar-refractivity contribution >= 4 is 15.5 Å². The zero-order valence-corrected chi connectivity index (χ0v) is 9.29. The minimum absolute atomic E-state index is 0.0600. The van der Waals surface area contributed by atoms with Gasteiger partial charge in [0.15, 0.2) is 5.03 Å². The van der Waals surface area contributed by atoms with E-state index in [2.05, 4.69) is 20.2 Å². The van der Waals surface area contributed by atoms with Crippen molar-refractivity contribution < 1.29 is 8.42 Å². The zero-order valence-electron chi connectivity index (χ0n) is 8.48. The molecule has 0 unspecified atom stereocenters. The predicted octanol–water partition coefficient (Wildman–Crippen LogP) is 0.285. The molecule has 0 saturated heterocycles. The molecule has 0 aliphatic rings. The second-order valence-corrected chi connectivity index (χ2v) is 5.13. The Hall–Kier alpha value is -2.22. The Labute approximate surface area is 96.1 Å². The number of pyridine rings is 1. The van der Waals surface area contributed by atoms with Crippen molar-refractivity contribution in [2.24, 2.45) is 0 Å². The van der Waals surface area contributed by atoms with E-state index in [0.29, 0.717) is 5.65 Å². The number of nitrogens with one attached hydrogen (secondary N) is 1. The van der Waals surface area contributed by atoms with Gasteiger partial charge in [-0.2, -0.15) is 5.10 Å². The highest BCUT2D eigenvalue weighted by Gasteiger charge is 2.24. The molecule has 0 atom stereocenters. The molecule has 3 aromatic heterocycles. The molecule has 1 N–H and O–H groups in total. The van der Waals surface area contributed by atoms with Crippen LogP contribution in [0.2, 0.25) is 0 Å². The summed E-state index contributed by atoms with van der Waals surface area (Å²) in [5.74, 6) is 0. The smallest absolute Gasteiger partial charge is 0.258 e. The summed E-state index contributed by atoms with van der Waals surface area (Å²) in [5.41, 5.74) is 0.561. The van der Waals surface area contributed by atoms with Gasteiger partial charge in [0.1, 0.15) is 12.0 Å². The van der Waals surface area contributed by atoms with Gasteiger partial charge >= 0.3 is 0 Å². The fourth-order valence-corrected chi connectivity index (χ4v) is 2.69. The summed E-state index contributed by atoms with van der Waals surface area (Å²) >= 11 is 0. The number of hydrogen-bond acceptors (Lipinski definition) is 5. The molecule has 3 aromatic rings. The third-order valence-electron chi connectivity index (χ3n) is 2.31. The van der Waals surface area contributed by atoms with Crippen LogP contribution in [-0.2, 0) is 9.84 Å². The summed E-state index contributed by atoms with van der Waals surface area (Å²) < 4.78 is 25.8. The SMILES string of the molecule is O=S(=O)(c1ncn[nH]1)c1cnc2ccccn12. The average molecular weight is 249 g/mol. The second kappa shape index (κ2) is 3.39. The monoisotopic (exact) mass is 249 g/mol. The number of aromatic amines is 1. The molecule has 0 aliphatic heterocycles. The Morgan fingerprint density at radius 2 is 2.12 bits per heavy atom. The van der Waals surface area contributed by atoms with E-state index in [1.54, 1.807) is 24.4 Å². The van der Waals surface area contributed by atoms with Gasteiger partial charge in [-0.15, -0.1) is 0 Å². The number of nitrogens with zero attached hydrogens (tertiary/aromatic N) is 4. The molecule has 0 aromatic carbocycles. The van der Waals surface area contributed by atoms with Crippen LogP contribution in [0, 0.1) is 0 Å². The maximum absolute atomic E-state index is 12.2. The maximum Gasteiger partial charge on any atom is 0.258 e. The van der Waals surface area contributed by atoms with Gasteiger partial charge < -0.3 is 0 Å². The maximum atomic E-state index is 12.2. The van der Waals surface area contributed by atoms with Gasteiger partial charge in [-0.25, -0.2) is 23.5 Å². The van der Waals surface area contributed by atoms with Gasteiger partial charge in [0.25, 0.3) is 9.84 Å². The van der Waals surface area contributed by atoms with E-state index < -0.39 is 9.84 Å². The largest absolute Gasteiger partial charge is 0.290 e. The van der Waals surface area contributed by atoms with Crippen LogP contribution in [0.3, 0.4) is 0 Å². The molecule has 0 radical (unpaired) electrons. The van der Waals surface area contributed by atoms with Crippen LogP contribution in [0.1, 0.15) is 0 Å². The molecule has 0 saturated carbocycles. The van der Waals surface area contributed by atoms with E-state index in [9.17, 15) is 8.42 Å². The lowest BCUT2D eigenvalue weighted by atomic mass is 10.5. The van der Waals surface area contributed by atoms with Gasteiger partial charge in [0.2, 0.25) is 5.16 Å². The minimum Gasteiger partial charge on any atom is -0.290 e. The van der Waals surface area contributed by atoms with Crippen molar-refractivity contribution in [1.82, 2.24) is 24.6 Å². The van der Waals surface area contributed by atoms with Crippen LogP contribution in [0.25, 0.3) is 5.65 Å². The average Bonchev–Trinajstić information content (AvgIpc) is 2.99. The first-order valence-electron chi connectivity index (χ1n) is 4.72. The van der Waals surface area contributed by atoms with Crippen LogP contribution in [0.15, 0.2) is 47.1 Å².